The number of nitrogens with zero attached hydrogens (tertiary/aromatic N) is 1. The number of benzene rings is 3. The number of nitrogens with one attached hydrogen (secondary N) is 1. The highest BCUT2D eigenvalue weighted by atomic mass is 16.2. The minimum absolute atomic E-state index is 0.00596. The Morgan fingerprint density at radius 3 is 2.41 bits per heavy atom. The smallest absolute Gasteiger partial charge is 0.255 e. The first kappa shape index (κ1) is 17.3. The molecule has 1 aliphatic rings. The predicted octanol–water partition coefficient (Wildman–Crippen LogP) is 4.26. The van der Waals surface area contributed by atoms with Crippen molar-refractivity contribution in [1.82, 2.24) is 4.90 Å². The average Bonchev–Trinajstić information content (AvgIpc) is 3.23. The molecule has 1 heterocycles. The van der Waals surface area contributed by atoms with Crippen LogP contribution in [0.5, 0.6) is 0 Å². The number of carbonyl (C=O) groups is 2. The fraction of sp³-hybridized carbons (Fsp3) is 0.217. The van der Waals surface area contributed by atoms with Gasteiger partial charge in [0.25, 0.3) is 5.91 Å². The fourth-order valence-corrected chi connectivity index (χ4v) is 3.68. The Labute approximate surface area is 158 Å². The fourth-order valence-electron chi connectivity index (χ4n) is 3.68. The number of amides is 2. The van der Waals surface area contributed by atoms with Gasteiger partial charge < -0.3 is 10.2 Å². The van der Waals surface area contributed by atoms with Gasteiger partial charge in [0.05, 0.1) is 17.7 Å². The van der Waals surface area contributed by atoms with E-state index in [2.05, 4.69) is 5.32 Å². The van der Waals surface area contributed by atoms with Crippen LogP contribution in [0.4, 0.5) is 5.69 Å². The minimum Gasteiger partial charge on any atom is -0.339 e. The van der Waals surface area contributed by atoms with E-state index < -0.39 is 0 Å². The number of anilines is 1. The van der Waals surface area contributed by atoms with E-state index in [0.717, 1.165) is 42.3 Å². The summed E-state index contributed by atoms with van der Waals surface area (Å²) in [6.45, 7) is 1.58. The number of fused-ring (bicyclic) bond motifs is 1. The molecule has 0 unspecified atom stereocenters. The highest BCUT2D eigenvalue weighted by molar-refractivity contribution is 6.04. The van der Waals surface area contributed by atoms with Crippen molar-refractivity contribution in [3.63, 3.8) is 0 Å². The van der Waals surface area contributed by atoms with Gasteiger partial charge in [-0.2, -0.15) is 0 Å². The molecule has 0 aromatic heterocycles. The number of para-hydroxylation sites is 1. The summed E-state index contributed by atoms with van der Waals surface area (Å²) in [6, 6.07) is 21.3. The van der Waals surface area contributed by atoms with Crippen LogP contribution in [0.1, 0.15) is 28.8 Å². The molecule has 0 spiro atoms. The molecule has 27 heavy (non-hydrogen) atoms. The van der Waals surface area contributed by atoms with Crippen molar-refractivity contribution in [3.8, 4) is 0 Å². The van der Waals surface area contributed by atoms with E-state index in [1.54, 1.807) is 12.1 Å². The van der Waals surface area contributed by atoms with Crippen molar-refractivity contribution in [1.29, 1.82) is 0 Å². The van der Waals surface area contributed by atoms with Crippen LogP contribution in [0.3, 0.4) is 0 Å². The summed E-state index contributed by atoms with van der Waals surface area (Å²) in [4.78, 5) is 27.3. The molecule has 2 amide bonds. The predicted molar refractivity (Wildman–Crippen MR) is 108 cm³/mol. The molecule has 4 nitrogen and oxygen atoms in total. The number of hydrogen-bond acceptors (Lipinski definition) is 2. The van der Waals surface area contributed by atoms with Gasteiger partial charge in [0, 0.05) is 13.1 Å². The van der Waals surface area contributed by atoms with Gasteiger partial charge in [-0.05, 0) is 41.3 Å². The lowest BCUT2D eigenvalue weighted by Gasteiger charge is -2.18. The summed E-state index contributed by atoms with van der Waals surface area (Å²) >= 11 is 0. The summed E-state index contributed by atoms with van der Waals surface area (Å²) in [5.41, 5.74) is 2.12. The van der Waals surface area contributed by atoms with E-state index in [1.807, 2.05) is 59.5 Å². The Morgan fingerprint density at radius 1 is 0.852 bits per heavy atom. The molecule has 1 fully saturated rings. The molecule has 0 aliphatic carbocycles. The van der Waals surface area contributed by atoms with Crippen LogP contribution < -0.4 is 5.32 Å². The first-order valence-corrected chi connectivity index (χ1v) is 9.37. The van der Waals surface area contributed by atoms with Gasteiger partial charge in [0.15, 0.2) is 0 Å². The Balaban J connectivity index is 1.54. The molecule has 3 aromatic rings. The third kappa shape index (κ3) is 3.70. The summed E-state index contributed by atoms with van der Waals surface area (Å²) in [5, 5.41) is 5.14. The van der Waals surface area contributed by atoms with Crippen molar-refractivity contribution >= 4 is 28.3 Å². The van der Waals surface area contributed by atoms with E-state index in [9.17, 15) is 9.59 Å². The molecule has 3 aromatic carbocycles. The van der Waals surface area contributed by atoms with Crippen LogP contribution >= 0.6 is 0 Å². The molecular formula is C23H22N2O2. The van der Waals surface area contributed by atoms with Gasteiger partial charge in [-0.3, -0.25) is 9.59 Å². The molecule has 0 bridgehead atoms. The Morgan fingerprint density at radius 2 is 1.56 bits per heavy atom. The maximum Gasteiger partial charge on any atom is 0.255 e. The van der Waals surface area contributed by atoms with Gasteiger partial charge in [-0.15, -0.1) is 0 Å². The van der Waals surface area contributed by atoms with E-state index in [4.69, 9.17) is 0 Å². The molecule has 0 saturated carbocycles. The van der Waals surface area contributed by atoms with E-state index >= 15 is 0 Å². The number of carbonyl (C=O) groups excluding carboxylic acids is 2. The second-order valence-corrected chi connectivity index (χ2v) is 6.91. The Kier molecular flexibility index (Phi) is 4.88. The largest absolute Gasteiger partial charge is 0.339 e. The van der Waals surface area contributed by atoms with Crippen LogP contribution in [0.15, 0.2) is 66.7 Å². The van der Waals surface area contributed by atoms with Gasteiger partial charge >= 0.3 is 0 Å². The number of rotatable bonds is 4. The molecule has 1 N–H and O–H groups in total. The zero-order valence-electron chi connectivity index (χ0n) is 15.2. The number of hydrogen-bond donors (Lipinski definition) is 1. The minimum atomic E-state index is -0.118. The van der Waals surface area contributed by atoms with Crippen molar-refractivity contribution in [3.05, 3.63) is 77.9 Å². The van der Waals surface area contributed by atoms with Gasteiger partial charge in [0.1, 0.15) is 0 Å². The van der Waals surface area contributed by atoms with Crippen LogP contribution in [0, 0.1) is 0 Å². The zero-order chi connectivity index (χ0) is 18.6. The Bertz CT molecular complexity index is 985. The van der Waals surface area contributed by atoms with Crippen LogP contribution in [0.25, 0.3) is 10.8 Å². The molecular weight excluding hydrogens is 336 g/mol. The summed E-state index contributed by atoms with van der Waals surface area (Å²) in [7, 11) is 0. The highest BCUT2D eigenvalue weighted by Crippen LogP contribution is 2.22. The summed E-state index contributed by atoms with van der Waals surface area (Å²) in [6.07, 6.45) is 2.36. The third-order valence-corrected chi connectivity index (χ3v) is 5.06. The van der Waals surface area contributed by atoms with Crippen molar-refractivity contribution in [2.75, 3.05) is 18.4 Å². The molecule has 1 aliphatic heterocycles. The second-order valence-electron chi connectivity index (χ2n) is 6.91. The first-order valence-electron chi connectivity index (χ1n) is 9.37. The van der Waals surface area contributed by atoms with Crippen LogP contribution in [-0.2, 0) is 11.2 Å². The SMILES string of the molecule is O=C(Cc1cccc2ccccc12)Nc1ccccc1C(=O)N1CCCC1. The maximum atomic E-state index is 12.8. The maximum absolute atomic E-state index is 12.8. The summed E-state index contributed by atoms with van der Waals surface area (Å²) < 4.78 is 0. The van der Waals surface area contributed by atoms with Crippen LogP contribution in [-0.4, -0.2) is 29.8 Å². The standard InChI is InChI=1S/C23H22N2O2/c26-22(16-18-10-7-9-17-8-1-2-11-19(17)18)24-21-13-4-3-12-20(21)23(27)25-14-5-6-15-25/h1-4,7-13H,5-6,14-16H2,(H,24,26). The lowest BCUT2D eigenvalue weighted by molar-refractivity contribution is -0.115. The summed E-state index contributed by atoms with van der Waals surface area (Å²) in [5.74, 6) is -0.124. The monoisotopic (exact) mass is 358 g/mol. The van der Waals surface area contributed by atoms with Crippen molar-refractivity contribution in [2.24, 2.45) is 0 Å². The number of likely N-dealkylation sites (tertiary alicyclic amines) is 1. The van der Waals surface area contributed by atoms with Crippen molar-refractivity contribution in [2.45, 2.75) is 19.3 Å². The molecule has 0 atom stereocenters. The first-order chi connectivity index (χ1) is 13.2. The molecule has 4 rings (SSSR count). The molecule has 136 valence electrons. The average molecular weight is 358 g/mol. The molecule has 0 radical (unpaired) electrons. The molecule has 4 heteroatoms. The normalized spacial score (nSPS) is 13.7. The van der Waals surface area contributed by atoms with E-state index in [-0.39, 0.29) is 18.2 Å². The van der Waals surface area contributed by atoms with Gasteiger partial charge in [0.2, 0.25) is 5.91 Å². The Hall–Kier alpha value is -3.14. The van der Waals surface area contributed by atoms with E-state index in [0.29, 0.717) is 11.3 Å². The lowest BCUT2D eigenvalue weighted by Crippen LogP contribution is -2.29. The topological polar surface area (TPSA) is 49.4 Å². The van der Waals surface area contributed by atoms with E-state index in [1.165, 1.54) is 0 Å². The third-order valence-electron chi connectivity index (χ3n) is 5.06. The van der Waals surface area contributed by atoms with Gasteiger partial charge in [-0.25, -0.2) is 0 Å². The quantitative estimate of drug-likeness (QED) is 0.758. The van der Waals surface area contributed by atoms with Crippen LogP contribution in [0.2, 0.25) is 0 Å². The molecule has 1 saturated heterocycles. The van der Waals surface area contributed by atoms with Crippen molar-refractivity contribution < 1.29 is 9.59 Å². The zero-order valence-corrected chi connectivity index (χ0v) is 15.2. The second kappa shape index (κ2) is 7.62. The lowest BCUT2D eigenvalue weighted by atomic mass is 10.0. The highest BCUT2D eigenvalue weighted by Gasteiger charge is 2.22. The van der Waals surface area contributed by atoms with Gasteiger partial charge in [-0.1, -0.05) is 54.6 Å².